The number of aliphatic hydroxyl groups excluding tert-OH is 1. The fourth-order valence-electron chi connectivity index (χ4n) is 4.18. The molecule has 2 bridgehead atoms. The standard InChI is InChI=1S/C12H21NO/c1-7(6-14)13-5-10-11-8-2-3-9(4-8)12(10)11/h7-14H,2-6H2,1H3. The van der Waals surface area contributed by atoms with E-state index in [1.165, 1.54) is 12.8 Å². The first kappa shape index (κ1) is 9.17. The van der Waals surface area contributed by atoms with Crippen molar-refractivity contribution < 1.29 is 5.11 Å². The van der Waals surface area contributed by atoms with Crippen molar-refractivity contribution in [3.8, 4) is 0 Å². The highest BCUT2D eigenvalue weighted by Gasteiger charge is 2.64. The Labute approximate surface area is 86.1 Å². The fraction of sp³-hybridized carbons (Fsp3) is 1.00. The third kappa shape index (κ3) is 1.24. The van der Waals surface area contributed by atoms with Gasteiger partial charge in [-0.15, -0.1) is 0 Å². The SMILES string of the molecule is CC(CO)NCC1C2C3CCC(C3)C12. The van der Waals surface area contributed by atoms with Crippen LogP contribution >= 0.6 is 0 Å². The summed E-state index contributed by atoms with van der Waals surface area (Å²) in [5, 5.41) is 12.4. The van der Waals surface area contributed by atoms with Gasteiger partial charge in [0, 0.05) is 6.04 Å². The molecule has 3 fully saturated rings. The van der Waals surface area contributed by atoms with Crippen LogP contribution in [0, 0.1) is 29.6 Å². The van der Waals surface area contributed by atoms with Crippen LogP contribution in [-0.4, -0.2) is 24.3 Å². The lowest BCUT2D eigenvalue weighted by molar-refractivity contribution is 0.248. The zero-order chi connectivity index (χ0) is 9.71. The Morgan fingerprint density at radius 3 is 2.50 bits per heavy atom. The molecule has 0 radical (unpaired) electrons. The van der Waals surface area contributed by atoms with Crippen LogP contribution in [0.4, 0.5) is 0 Å². The monoisotopic (exact) mass is 195 g/mol. The summed E-state index contributed by atoms with van der Waals surface area (Å²) in [6.45, 7) is 3.49. The van der Waals surface area contributed by atoms with Gasteiger partial charge >= 0.3 is 0 Å². The first-order valence-corrected chi connectivity index (χ1v) is 6.15. The minimum absolute atomic E-state index is 0.273. The Morgan fingerprint density at radius 2 is 1.93 bits per heavy atom. The van der Waals surface area contributed by atoms with Crippen molar-refractivity contribution in [2.24, 2.45) is 29.6 Å². The minimum atomic E-state index is 0.273. The molecule has 0 heterocycles. The van der Waals surface area contributed by atoms with Crippen molar-refractivity contribution in [1.29, 1.82) is 0 Å². The Hall–Kier alpha value is -0.0800. The molecule has 3 aliphatic carbocycles. The van der Waals surface area contributed by atoms with Crippen molar-refractivity contribution in [2.45, 2.75) is 32.2 Å². The molecule has 5 unspecified atom stereocenters. The number of hydrogen-bond donors (Lipinski definition) is 2. The van der Waals surface area contributed by atoms with Crippen molar-refractivity contribution in [2.75, 3.05) is 13.2 Å². The Morgan fingerprint density at radius 1 is 1.29 bits per heavy atom. The van der Waals surface area contributed by atoms with Gasteiger partial charge in [-0.3, -0.25) is 0 Å². The zero-order valence-electron chi connectivity index (χ0n) is 8.95. The maximum Gasteiger partial charge on any atom is 0.0581 e. The summed E-state index contributed by atoms with van der Waals surface area (Å²) in [6, 6.07) is 0.286. The quantitative estimate of drug-likeness (QED) is 0.707. The van der Waals surface area contributed by atoms with Gasteiger partial charge < -0.3 is 10.4 Å². The molecule has 0 aromatic rings. The lowest BCUT2D eigenvalue weighted by Crippen LogP contribution is -2.32. The molecule has 3 aliphatic rings. The number of rotatable bonds is 4. The van der Waals surface area contributed by atoms with E-state index in [0.29, 0.717) is 0 Å². The smallest absolute Gasteiger partial charge is 0.0581 e. The molecule has 3 rings (SSSR count). The van der Waals surface area contributed by atoms with E-state index < -0.39 is 0 Å². The third-order valence-corrected chi connectivity index (χ3v) is 4.87. The highest BCUT2D eigenvalue weighted by atomic mass is 16.3. The molecule has 0 aromatic carbocycles. The van der Waals surface area contributed by atoms with E-state index >= 15 is 0 Å². The minimum Gasteiger partial charge on any atom is -0.395 e. The molecular weight excluding hydrogens is 174 g/mol. The average molecular weight is 195 g/mol. The Balaban J connectivity index is 1.50. The summed E-state index contributed by atoms with van der Waals surface area (Å²) in [5.74, 6) is 5.29. The molecule has 0 amide bonds. The maximum atomic E-state index is 8.92. The van der Waals surface area contributed by atoms with E-state index in [-0.39, 0.29) is 12.6 Å². The van der Waals surface area contributed by atoms with E-state index in [2.05, 4.69) is 12.2 Å². The highest BCUT2D eigenvalue weighted by Crippen LogP contribution is 2.69. The molecule has 2 N–H and O–H groups in total. The predicted octanol–water partition coefficient (Wildman–Crippen LogP) is 1.25. The molecule has 0 spiro atoms. The second-order valence-corrected chi connectivity index (χ2v) is 5.64. The number of aliphatic hydroxyl groups is 1. The summed E-state index contributed by atoms with van der Waals surface area (Å²) >= 11 is 0. The van der Waals surface area contributed by atoms with E-state index in [0.717, 1.165) is 36.1 Å². The molecule has 0 aliphatic heterocycles. The van der Waals surface area contributed by atoms with Crippen LogP contribution in [0.25, 0.3) is 0 Å². The normalized spacial score (nSPS) is 50.6. The molecular formula is C12H21NO. The second kappa shape index (κ2) is 3.21. The summed E-state index contributed by atoms with van der Waals surface area (Å²) in [7, 11) is 0. The van der Waals surface area contributed by atoms with Gasteiger partial charge in [0.05, 0.1) is 6.61 Å². The van der Waals surface area contributed by atoms with Crippen LogP contribution in [0.3, 0.4) is 0 Å². The summed E-state index contributed by atoms with van der Waals surface area (Å²) in [5.41, 5.74) is 0. The number of hydrogen-bond acceptors (Lipinski definition) is 2. The topological polar surface area (TPSA) is 32.3 Å². The summed E-state index contributed by atoms with van der Waals surface area (Å²) in [6.07, 6.45) is 4.57. The van der Waals surface area contributed by atoms with E-state index in [1.54, 1.807) is 6.42 Å². The number of fused-ring (bicyclic) bond motifs is 5. The maximum absolute atomic E-state index is 8.92. The largest absolute Gasteiger partial charge is 0.395 e. The van der Waals surface area contributed by atoms with Crippen molar-refractivity contribution in [3.05, 3.63) is 0 Å². The molecule has 0 aromatic heterocycles. The van der Waals surface area contributed by atoms with Crippen molar-refractivity contribution in [1.82, 2.24) is 5.32 Å². The predicted molar refractivity (Wildman–Crippen MR) is 55.9 cm³/mol. The second-order valence-electron chi connectivity index (χ2n) is 5.64. The van der Waals surface area contributed by atoms with Crippen molar-refractivity contribution in [3.63, 3.8) is 0 Å². The first-order valence-electron chi connectivity index (χ1n) is 6.15. The van der Waals surface area contributed by atoms with Gasteiger partial charge in [-0.1, -0.05) is 0 Å². The molecule has 0 saturated heterocycles. The van der Waals surface area contributed by atoms with Crippen LogP contribution in [0.15, 0.2) is 0 Å². The van der Waals surface area contributed by atoms with Gasteiger partial charge in [0.1, 0.15) is 0 Å². The van der Waals surface area contributed by atoms with Crippen LogP contribution in [0.1, 0.15) is 26.2 Å². The van der Waals surface area contributed by atoms with Gasteiger partial charge in [-0.2, -0.15) is 0 Å². The van der Waals surface area contributed by atoms with Crippen LogP contribution < -0.4 is 5.32 Å². The lowest BCUT2D eigenvalue weighted by Gasteiger charge is -2.13. The molecule has 2 heteroatoms. The molecule has 2 nitrogen and oxygen atoms in total. The molecule has 14 heavy (non-hydrogen) atoms. The van der Waals surface area contributed by atoms with Crippen molar-refractivity contribution >= 4 is 0 Å². The van der Waals surface area contributed by atoms with Crippen LogP contribution in [0.2, 0.25) is 0 Å². The van der Waals surface area contributed by atoms with Gasteiger partial charge in [-0.25, -0.2) is 0 Å². The first-order chi connectivity index (χ1) is 6.81. The van der Waals surface area contributed by atoms with Gasteiger partial charge in [0.2, 0.25) is 0 Å². The fourth-order valence-corrected chi connectivity index (χ4v) is 4.18. The zero-order valence-corrected chi connectivity index (χ0v) is 8.95. The van der Waals surface area contributed by atoms with E-state index in [1.807, 2.05) is 0 Å². The van der Waals surface area contributed by atoms with Gasteiger partial charge in [0.25, 0.3) is 0 Å². The van der Waals surface area contributed by atoms with Gasteiger partial charge in [0.15, 0.2) is 0 Å². The third-order valence-electron chi connectivity index (χ3n) is 4.87. The molecule has 80 valence electrons. The Kier molecular flexibility index (Phi) is 2.10. The lowest BCUT2D eigenvalue weighted by atomic mass is 10.0. The van der Waals surface area contributed by atoms with E-state index in [4.69, 9.17) is 5.11 Å². The number of nitrogens with one attached hydrogen (secondary N) is 1. The van der Waals surface area contributed by atoms with Crippen LogP contribution in [0.5, 0.6) is 0 Å². The van der Waals surface area contributed by atoms with Gasteiger partial charge in [-0.05, 0) is 62.3 Å². The van der Waals surface area contributed by atoms with E-state index in [9.17, 15) is 0 Å². The average Bonchev–Trinajstić information content (AvgIpc) is 2.60. The molecule has 5 atom stereocenters. The Bertz CT molecular complexity index is 214. The summed E-state index contributed by atoms with van der Waals surface area (Å²) < 4.78 is 0. The highest BCUT2D eigenvalue weighted by molar-refractivity contribution is 5.13. The summed E-state index contributed by atoms with van der Waals surface area (Å²) in [4.78, 5) is 0. The van der Waals surface area contributed by atoms with Crippen LogP contribution in [-0.2, 0) is 0 Å². The molecule has 3 saturated carbocycles.